The van der Waals surface area contributed by atoms with E-state index in [1.165, 1.54) is 12.1 Å². The van der Waals surface area contributed by atoms with Crippen molar-refractivity contribution in [2.45, 2.75) is 84.5 Å². The Labute approximate surface area is 240 Å². The Balaban J connectivity index is 1.45. The zero-order chi connectivity index (χ0) is 29.2. The van der Waals surface area contributed by atoms with Crippen LogP contribution in [0.4, 0.5) is 4.39 Å². The van der Waals surface area contributed by atoms with Gasteiger partial charge in [-0.15, -0.1) is 10.2 Å². The zero-order valence-corrected chi connectivity index (χ0v) is 24.2. The van der Waals surface area contributed by atoms with Crippen molar-refractivity contribution >= 4 is 17.5 Å². The second kappa shape index (κ2) is 11.5. The van der Waals surface area contributed by atoms with Gasteiger partial charge in [-0.1, -0.05) is 63.6 Å². The number of benzene rings is 2. The molecule has 0 bridgehead atoms. The summed E-state index contributed by atoms with van der Waals surface area (Å²) in [6.07, 6.45) is 5.05. The number of tetrazole rings is 1. The molecule has 0 saturated heterocycles. The normalized spacial score (nSPS) is 21.7. The maximum atomic E-state index is 14.2. The summed E-state index contributed by atoms with van der Waals surface area (Å²) in [5, 5.41) is 16.4. The molecule has 1 spiro atoms. The Hall–Kier alpha value is -3.95. The van der Waals surface area contributed by atoms with Gasteiger partial charge >= 0.3 is 0 Å². The molecule has 0 radical (unpaired) electrons. The Morgan fingerprint density at radius 1 is 1.17 bits per heavy atom. The van der Waals surface area contributed by atoms with Crippen LogP contribution in [0.5, 0.6) is 0 Å². The Bertz CT molecular complexity index is 1400. The van der Waals surface area contributed by atoms with E-state index in [1.807, 2.05) is 17.0 Å². The summed E-state index contributed by atoms with van der Waals surface area (Å²) in [6.45, 7) is 9.08. The number of rotatable bonds is 8. The van der Waals surface area contributed by atoms with Crippen molar-refractivity contribution in [1.29, 1.82) is 0 Å². The highest BCUT2D eigenvalue weighted by molar-refractivity contribution is 6.46. The van der Waals surface area contributed by atoms with Gasteiger partial charge < -0.3 is 10.2 Å². The van der Waals surface area contributed by atoms with Crippen molar-refractivity contribution < 1.29 is 14.0 Å². The topological polar surface area (TPSA) is 116 Å². The van der Waals surface area contributed by atoms with Gasteiger partial charge in [0.15, 0.2) is 5.82 Å². The number of hydrogen-bond acceptors (Lipinski definition) is 6. The van der Waals surface area contributed by atoms with Gasteiger partial charge in [0.05, 0.1) is 12.6 Å². The molecule has 9 nitrogen and oxygen atoms in total. The minimum atomic E-state index is -0.680. The third kappa shape index (κ3) is 5.92. The van der Waals surface area contributed by atoms with Gasteiger partial charge in [-0.25, -0.2) is 4.39 Å². The molecule has 2 N–H and O–H groups in total. The number of halogens is 1. The number of carbonyl (C=O) groups is 2. The third-order valence-electron chi connectivity index (χ3n) is 8.53. The molecule has 2 aromatic carbocycles. The molecule has 1 aliphatic heterocycles. The second-order valence-electron chi connectivity index (χ2n) is 12.2. The number of aliphatic imine (C=N–C) groups is 1. The maximum absolute atomic E-state index is 14.2. The average molecular weight is 560 g/mol. The number of hydrogen-bond donors (Lipinski definition) is 2. The van der Waals surface area contributed by atoms with Crippen molar-refractivity contribution in [2.75, 3.05) is 0 Å². The Kier molecular flexibility index (Phi) is 8.02. The highest BCUT2D eigenvalue weighted by atomic mass is 19.1. The summed E-state index contributed by atoms with van der Waals surface area (Å²) in [7, 11) is 0. The molecule has 1 fully saturated rings. The van der Waals surface area contributed by atoms with Crippen LogP contribution in [-0.4, -0.2) is 48.7 Å². The lowest BCUT2D eigenvalue weighted by Gasteiger charge is -2.47. The third-order valence-corrected chi connectivity index (χ3v) is 8.53. The first-order valence-corrected chi connectivity index (χ1v) is 14.4. The van der Waals surface area contributed by atoms with E-state index in [9.17, 15) is 14.0 Å². The van der Waals surface area contributed by atoms with Crippen LogP contribution in [0, 0.1) is 17.2 Å². The monoisotopic (exact) mass is 559 g/mol. The van der Waals surface area contributed by atoms with Gasteiger partial charge in [-0.3, -0.25) is 14.6 Å². The molecule has 5 rings (SSSR count). The molecule has 2 heterocycles. The predicted molar refractivity (Wildman–Crippen MR) is 153 cm³/mol. The molecule has 1 saturated carbocycles. The lowest BCUT2D eigenvalue weighted by Crippen LogP contribution is -2.51. The molecule has 0 unspecified atom stereocenters. The highest BCUT2D eigenvalue weighted by Crippen LogP contribution is 2.49. The molecule has 1 aromatic heterocycles. The molecule has 10 heteroatoms. The van der Waals surface area contributed by atoms with Crippen molar-refractivity contribution in [3.63, 3.8) is 0 Å². The van der Waals surface area contributed by atoms with E-state index in [-0.39, 0.29) is 35.6 Å². The number of aromatic amines is 1. The lowest BCUT2D eigenvalue weighted by atomic mass is 9.69. The smallest absolute Gasteiger partial charge is 0.275 e. The number of nitrogens with one attached hydrogen (secondary N) is 2. The van der Waals surface area contributed by atoms with Crippen LogP contribution < -0.4 is 5.32 Å². The largest absolute Gasteiger partial charge is 0.345 e. The van der Waals surface area contributed by atoms with Gasteiger partial charge in [-0.2, -0.15) is 5.21 Å². The second-order valence-corrected chi connectivity index (χ2v) is 12.2. The molecule has 2 amide bonds. The van der Waals surface area contributed by atoms with Gasteiger partial charge in [0.2, 0.25) is 0 Å². The summed E-state index contributed by atoms with van der Waals surface area (Å²) < 4.78 is 14.2. The fourth-order valence-corrected chi connectivity index (χ4v) is 6.26. The minimum Gasteiger partial charge on any atom is -0.345 e. The Morgan fingerprint density at radius 3 is 2.51 bits per heavy atom. The molecular weight excluding hydrogens is 521 g/mol. The molecule has 41 heavy (non-hydrogen) atoms. The lowest BCUT2D eigenvalue weighted by molar-refractivity contribution is -0.133. The van der Waals surface area contributed by atoms with Crippen LogP contribution >= 0.6 is 0 Å². The van der Waals surface area contributed by atoms with Gasteiger partial charge in [-0.05, 0) is 73.3 Å². The van der Waals surface area contributed by atoms with E-state index < -0.39 is 5.66 Å². The number of nitrogens with zero attached hydrogens (tertiary/aromatic N) is 5. The van der Waals surface area contributed by atoms with E-state index in [0.717, 1.165) is 44.1 Å². The molecule has 1 atom stereocenters. The standard InChI is InChI=1S/C31H38FN7O2/c1-5-7-25(20-10-12-21(13-11-20)28(40)33-19-26-35-37-38-36-26)39-29(41)27(22-8-6-9-24(32)18-22)34-31(39)16-14-23(15-17-31)30(2,3)4/h6,8-13,18,23,25H,5,7,14-17,19H2,1-4H3,(H,33,40)(H,35,36,37,38)/t23?,25-,31?/m1/s1. The molecule has 2 aliphatic rings. The van der Waals surface area contributed by atoms with Gasteiger partial charge in [0.1, 0.15) is 17.2 Å². The van der Waals surface area contributed by atoms with Crippen LogP contribution in [0.1, 0.15) is 99.6 Å². The highest BCUT2D eigenvalue weighted by Gasteiger charge is 2.52. The fraction of sp³-hybridized carbons (Fsp3) is 0.484. The van der Waals surface area contributed by atoms with Crippen LogP contribution in [0.15, 0.2) is 53.5 Å². The Morgan fingerprint density at radius 2 is 1.90 bits per heavy atom. The number of amides is 2. The van der Waals surface area contributed by atoms with Crippen LogP contribution in [0.3, 0.4) is 0 Å². The van der Waals surface area contributed by atoms with E-state index in [2.05, 4.69) is 53.6 Å². The number of aromatic nitrogens is 4. The van der Waals surface area contributed by atoms with Gasteiger partial charge in [0.25, 0.3) is 11.8 Å². The zero-order valence-electron chi connectivity index (χ0n) is 24.2. The van der Waals surface area contributed by atoms with E-state index in [1.54, 1.807) is 24.3 Å². The first-order chi connectivity index (χ1) is 19.6. The average Bonchev–Trinajstić information content (AvgIpc) is 3.57. The summed E-state index contributed by atoms with van der Waals surface area (Å²) >= 11 is 0. The van der Waals surface area contributed by atoms with Crippen molar-refractivity contribution in [3.05, 3.63) is 76.9 Å². The molecule has 3 aromatic rings. The van der Waals surface area contributed by atoms with Crippen molar-refractivity contribution in [2.24, 2.45) is 16.3 Å². The van der Waals surface area contributed by atoms with E-state index in [0.29, 0.717) is 28.6 Å². The van der Waals surface area contributed by atoms with E-state index in [4.69, 9.17) is 4.99 Å². The SMILES string of the molecule is CCC[C@H](c1ccc(C(=O)NCc2nn[nH]n2)cc1)N1C(=O)C(c2cccc(F)c2)=NC12CCC(C(C)(C)C)CC2. The molecule has 216 valence electrons. The summed E-state index contributed by atoms with van der Waals surface area (Å²) in [4.78, 5) is 34.1. The minimum absolute atomic E-state index is 0.162. The summed E-state index contributed by atoms with van der Waals surface area (Å²) in [5.41, 5.74) is 1.78. The number of carbonyl (C=O) groups excluding carboxylic acids is 2. The quantitative estimate of drug-likeness (QED) is 0.385. The maximum Gasteiger partial charge on any atom is 0.275 e. The van der Waals surface area contributed by atoms with Crippen LogP contribution in [-0.2, 0) is 11.3 Å². The predicted octanol–water partition coefficient (Wildman–Crippen LogP) is 5.37. The van der Waals surface area contributed by atoms with Crippen LogP contribution in [0.25, 0.3) is 0 Å². The first-order valence-electron chi connectivity index (χ1n) is 14.4. The first kappa shape index (κ1) is 28.6. The fourth-order valence-electron chi connectivity index (χ4n) is 6.26. The van der Waals surface area contributed by atoms with E-state index >= 15 is 0 Å². The molecular formula is C31H38FN7O2. The summed E-state index contributed by atoms with van der Waals surface area (Å²) in [6, 6.07) is 13.3. The van der Waals surface area contributed by atoms with Crippen molar-refractivity contribution in [3.8, 4) is 0 Å². The summed E-state index contributed by atoms with van der Waals surface area (Å²) in [5.74, 6) is 0.129. The molecule has 1 aliphatic carbocycles. The van der Waals surface area contributed by atoms with Gasteiger partial charge in [0, 0.05) is 11.1 Å². The van der Waals surface area contributed by atoms with Crippen molar-refractivity contribution in [1.82, 2.24) is 30.8 Å². The van der Waals surface area contributed by atoms with Crippen LogP contribution in [0.2, 0.25) is 0 Å². The number of H-pyrrole nitrogens is 1.